The minimum absolute atomic E-state index is 0.0736. The van der Waals surface area contributed by atoms with Crippen molar-refractivity contribution in [3.8, 4) is 0 Å². The highest BCUT2D eigenvalue weighted by molar-refractivity contribution is 5.78. The Hall–Kier alpha value is -2.36. The van der Waals surface area contributed by atoms with Crippen molar-refractivity contribution in [3.63, 3.8) is 0 Å². The van der Waals surface area contributed by atoms with Crippen molar-refractivity contribution in [1.82, 2.24) is 15.2 Å². The lowest BCUT2D eigenvalue weighted by atomic mass is 10.2. The van der Waals surface area contributed by atoms with Crippen LogP contribution in [0, 0.1) is 0 Å². The molecule has 24 heavy (non-hydrogen) atoms. The minimum Gasteiger partial charge on any atom is -0.465 e. The Morgan fingerprint density at radius 1 is 1.46 bits per heavy atom. The van der Waals surface area contributed by atoms with Crippen molar-refractivity contribution in [3.05, 3.63) is 29.6 Å². The van der Waals surface area contributed by atoms with Crippen molar-refractivity contribution in [2.75, 3.05) is 19.7 Å². The number of aromatic nitrogens is 1. The normalized spacial score (nSPS) is 17.8. The minimum atomic E-state index is -4.46. The summed E-state index contributed by atoms with van der Waals surface area (Å²) >= 11 is 0. The smallest absolute Gasteiger partial charge is 0.416 e. The lowest BCUT2D eigenvalue weighted by Gasteiger charge is -2.16. The fourth-order valence-electron chi connectivity index (χ4n) is 2.35. The zero-order chi connectivity index (χ0) is 17.7. The number of alkyl halides is 3. The Balaban J connectivity index is 1.78. The van der Waals surface area contributed by atoms with Crippen LogP contribution in [0.5, 0.6) is 0 Å². The summed E-state index contributed by atoms with van der Waals surface area (Å²) in [6.07, 6.45) is -4.07. The second-order valence-corrected chi connectivity index (χ2v) is 5.30. The van der Waals surface area contributed by atoms with E-state index in [1.165, 1.54) is 4.90 Å². The Bertz CT molecular complexity index is 609. The van der Waals surface area contributed by atoms with Crippen LogP contribution in [0.2, 0.25) is 0 Å². The van der Waals surface area contributed by atoms with Crippen molar-refractivity contribution in [2.45, 2.75) is 25.2 Å². The van der Waals surface area contributed by atoms with Crippen LogP contribution in [0.3, 0.4) is 0 Å². The van der Waals surface area contributed by atoms with Crippen molar-refractivity contribution in [2.24, 2.45) is 0 Å². The molecule has 1 aromatic heterocycles. The van der Waals surface area contributed by atoms with Gasteiger partial charge in [-0.25, -0.2) is 4.79 Å². The Labute approximate surface area is 135 Å². The van der Waals surface area contributed by atoms with Crippen LogP contribution in [0.4, 0.5) is 18.0 Å². The van der Waals surface area contributed by atoms with E-state index in [9.17, 15) is 22.8 Å². The second-order valence-electron chi connectivity index (χ2n) is 5.30. The number of nitrogens with zero attached hydrogens (tertiary/aromatic N) is 2. The molecular formula is C14H16F3N3O4. The van der Waals surface area contributed by atoms with Crippen LogP contribution in [-0.2, 0) is 22.3 Å². The van der Waals surface area contributed by atoms with Gasteiger partial charge in [0.1, 0.15) is 6.61 Å². The molecule has 0 radical (unpaired) electrons. The van der Waals surface area contributed by atoms with Gasteiger partial charge < -0.3 is 20.1 Å². The van der Waals surface area contributed by atoms with E-state index in [-0.39, 0.29) is 37.4 Å². The first-order valence-electron chi connectivity index (χ1n) is 7.13. The van der Waals surface area contributed by atoms with E-state index in [1.54, 1.807) is 0 Å². The lowest BCUT2D eigenvalue weighted by molar-refractivity contribution is -0.138. The maximum absolute atomic E-state index is 12.6. The van der Waals surface area contributed by atoms with E-state index < -0.39 is 17.8 Å². The number of rotatable bonds is 5. The molecule has 7 nitrogen and oxygen atoms in total. The third-order valence-corrected chi connectivity index (χ3v) is 3.49. The van der Waals surface area contributed by atoms with Gasteiger partial charge in [-0.2, -0.15) is 13.2 Å². The third-order valence-electron chi connectivity index (χ3n) is 3.49. The quantitative estimate of drug-likeness (QED) is 0.842. The SMILES string of the molecule is O=C(O)N[C@H]1CCN(C(=O)COCc2cc(C(F)(F)F)ccn2)C1. The molecule has 0 aliphatic carbocycles. The molecule has 2 rings (SSSR count). The van der Waals surface area contributed by atoms with Crippen LogP contribution in [0.15, 0.2) is 18.3 Å². The van der Waals surface area contributed by atoms with E-state index in [1.807, 2.05) is 0 Å². The summed E-state index contributed by atoms with van der Waals surface area (Å²) < 4.78 is 42.8. The molecule has 2 amide bonds. The number of carboxylic acid groups (broad SMARTS) is 1. The van der Waals surface area contributed by atoms with Gasteiger partial charge >= 0.3 is 12.3 Å². The van der Waals surface area contributed by atoms with Crippen molar-refractivity contribution >= 4 is 12.0 Å². The molecule has 1 aromatic rings. The van der Waals surface area contributed by atoms with E-state index >= 15 is 0 Å². The summed E-state index contributed by atoms with van der Waals surface area (Å²) in [6.45, 7) is 0.114. The molecular weight excluding hydrogens is 331 g/mol. The summed E-state index contributed by atoms with van der Waals surface area (Å²) in [7, 11) is 0. The molecule has 0 spiro atoms. The molecule has 2 heterocycles. The van der Waals surface area contributed by atoms with Gasteiger partial charge in [0, 0.05) is 19.3 Å². The number of nitrogens with one attached hydrogen (secondary N) is 1. The topological polar surface area (TPSA) is 91.8 Å². The average molecular weight is 347 g/mol. The van der Waals surface area contributed by atoms with Gasteiger partial charge in [-0.1, -0.05) is 0 Å². The van der Waals surface area contributed by atoms with Crippen LogP contribution in [0.1, 0.15) is 17.7 Å². The zero-order valence-electron chi connectivity index (χ0n) is 12.5. The Morgan fingerprint density at radius 3 is 2.88 bits per heavy atom. The molecule has 2 N–H and O–H groups in total. The maximum Gasteiger partial charge on any atom is 0.416 e. The summed E-state index contributed by atoms with van der Waals surface area (Å²) in [4.78, 5) is 27.7. The van der Waals surface area contributed by atoms with E-state index in [4.69, 9.17) is 9.84 Å². The van der Waals surface area contributed by atoms with E-state index in [0.29, 0.717) is 13.0 Å². The predicted molar refractivity (Wildman–Crippen MR) is 75.0 cm³/mol. The molecule has 10 heteroatoms. The number of pyridine rings is 1. The number of carbonyl (C=O) groups is 2. The highest BCUT2D eigenvalue weighted by atomic mass is 19.4. The number of likely N-dealkylation sites (tertiary alicyclic amines) is 1. The first kappa shape index (κ1) is 18.0. The standard InChI is InChI=1S/C14H16F3N3O4/c15-14(16,17)9-1-3-18-11(5-9)7-24-8-12(21)20-4-2-10(6-20)19-13(22)23/h1,3,5,10,19H,2,4,6-8H2,(H,22,23)/t10-/m0/s1. The molecule has 1 aliphatic rings. The summed E-state index contributed by atoms with van der Waals surface area (Å²) in [6, 6.07) is 1.40. The summed E-state index contributed by atoms with van der Waals surface area (Å²) in [5.74, 6) is -0.350. The van der Waals surface area contributed by atoms with Crippen LogP contribution < -0.4 is 5.32 Å². The monoisotopic (exact) mass is 347 g/mol. The fraction of sp³-hybridized carbons (Fsp3) is 0.500. The highest BCUT2D eigenvalue weighted by Gasteiger charge is 2.31. The first-order chi connectivity index (χ1) is 11.3. The number of hydrogen-bond donors (Lipinski definition) is 2. The summed E-state index contributed by atoms with van der Waals surface area (Å²) in [5.41, 5.74) is -0.756. The predicted octanol–water partition coefficient (Wildman–Crippen LogP) is 1.49. The van der Waals surface area contributed by atoms with Gasteiger partial charge in [0.05, 0.1) is 23.9 Å². The molecule has 1 saturated heterocycles. The molecule has 0 aromatic carbocycles. The molecule has 1 aliphatic heterocycles. The van der Waals surface area contributed by atoms with Gasteiger partial charge in [0.2, 0.25) is 5.91 Å². The number of carbonyl (C=O) groups excluding carboxylic acids is 1. The molecule has 0 bridgehead atoms. The van der Waals surface area contributed by atoms with Gasteiger partial charge in [-0.3, -0.25) is 9.78 Å². The molecule has 132 valence electrons. The number of amides is 2. The fourth-order valence-corrected chi connectivity index (χ4v) is 2.35. The van der Waals surface area contributed by atoms with Gasteiger partial charge in [-0.05, 0) is 18.6 Å². The molecule has 0 unspecified atom stereocenters. The van der Waals surface area contributed by atoms with Crippen LogP contribution in [0.25, 0.3) is 0 Å². The lowest BCUT2D eigenvalue weighted by Crippen LogP contribution is -2.38. The average Bonchev–Trinajstić information content (AvgIpc) is 2.94. The van der Waals surface area contributed by atoms with E-state index in [0.717, 1.165) is 18.3 Å². The Morgan fingerprint density at radius 2 is 2.21 bits per heavy atom. The van der Waals surface area contributed by atoms with E-state index in [2.05, 4.69) is 10.3 Å². The maximum atomic E-state index is 12.6. The van der Waals surface area contributed by atoms with Gasteiger partial charge in [0.25, 0.3) is 0 Å². The van der Waals surface area contributed by atoms with Crippen molar-refractivity contribution in [1.29, 1.82) is 0 Å². The molecule has 1 fully saturated rings. The number of halogens is 3. The van der Waals surface area contributed by atoms with Gasteiger partial charge in [0.15, 0.2) is 0 Å². The molecule has 0 saturated carbocycles. The Kier molecular flexibility index (Phi) is 5.60. The van der Waals surface area contributed by atoms with Crippen LogP contribution in [-0.4, -0.2) is 52.7 Å². The first-order valence-corrected chi connectivity index (χ1v) is 7.13. The molecule has 1 atom stereocenters. The number of hydrogen-bond acceptors (Lipinski definition) is 4. The third kappa shape index (κ3) is 5.08. The van der Waals surface area contributed by atoms with Crippen molar-refractivity contribution < 1.29 is 32.6 Å². The number of ether oxygens (including phenoxy) is 1. The summed E-state index contributed by atoms with van der Waals surface area (Å²) in [5, 5.41) is 10.9. The zero-order valence-corrected chi connectivity index (χ0v) is 12.5. The second kappa shape index (κ2) is 7.47. The van der Waals surface area contributed by atoms with Crippen LogP contribution >= 0.6 is 0 Å². The highest BCUT2D eigenvalue weighted by Crippen LogP contribution is 2.29. The largest absolute Gasteiger partial charge is 0.465 e. The van der Waals surface area contributed by atoms with Gasteiger partial charge in [-0.15, -0.1) is 0 Å².